The molecule has 20 heavy (non-hydrogen) atoms. The minimum absolute atomic E-state index is 0.0904. The van der Waals surface area contributed by atoms with Crippen LogP contribution in [-0.4, -0.2) is 23.3 Å². The van der Waals surface area contributed by atoms with Crippen molar-refractivity contribution in [2.75, 3.05) is 6.54 Å². The molecule has 1 aliphatic heterocycles. The van der Waals surface area contributed by atoms with E-state index in [2.05, 4.69) is 31.3 Å². The Balaban J connectivity index is 2.25. The summed E-state index contributed by atoms with van der Waals surface area (Å²) in [4.78, 5) is 13.9. The van der Waals surface area contributed by atoms with Gasteiger partial charge in [-0.05, 0) is 36.3 Å². The van der Waals surface area contributed by atoms with Gasteiger partial charge in [-0.3, -0.25) is 10.7 Å². The van der Waals surface area contributed by atoms with Gasteiger partial charge in [0.25, 0.3) is 0 Å². The fraction of sp³-hybridized carbons (Fsp3) is 0.500. The Kier molecular flexibility index (Phi) is 2.68. The second-order valence-corrected chi connectivity index (χ2v) is 6.34. The third kappa shape index (κ3) is 1.48. The molecule has 106 valence electrons. The van der Waals surface area contributed by atoms with Crippen molar-refractivity contribution < 1.29 is 4.79 Å². The highest BCUT2D eigenvalue weighted by molar-refractivity contribution is 6.09. The number of carbonyl (C=O) groups excluding carboxylic acids is 1. The van der Waals surface area contributed by atoms with E-state index >= 15 is 0 Å². The summed E-state index contributed by atoms with van der Waals surface area (Å²) in [6.45, 7) is 7.07. The largest absolute Gasteiger partial charge is 0.323 e. The second-order valence-electron chi connectivity index (χ2n) is 6.34. The van der Waals surface area contributed by atoms with Crippen LogP contribution in [0.1, 0.15) is 44.7 Å². The SMILES string of the molecule is CCN1C(=O)NC(=N)C12CCC(C)(C)c1ccccc12. The molecule has 0 bridgehead atoms. The van der Waals surface area contributed by atoms with Crippen molar-refractivity contribution in [1.29, 1.82) is 5.41 Å². The number of nitrogens with zero attached hydrogens (tertiary/aromatic N) is 1. The molecule has 2 amide bonds. The minimum atomic E-state index is -0.585. The molecule has 1 saturated heterocycles. The molecule has 1 aliphatic carbocycles. The quantitative estimate of drug-likeness (QED) is 0.810. The van der Waals surface area contributed by atoms with Crippen LogP contribution in [0.5, 0.6) is 0 Å². The molecule has 3 rings (SSSR count). The molecular weight excluding hydrogens is 250 g/mol. The zero-order valence-corrected chi connectivity index (χ0v) is 12.3. The molecule has 1 heterocycles. The number of likely N-dealkylation sites (N-methyl/N-ethyl adjacent to an activating group) is 1. The molecule has 1 spiro atoms. The van der Waals surface area contributed by atoms with Crippen molar-refractivity contribution >= 4 is 11.9 Å². The molecule has 2 N–H and O–H groups in total. The topological polar surface area (TPSA) is 56.2 Å². The third-order valence-electron chi connectivity index (χ3n) is 4.88. The number of amidine groups is 1. The van der Waals surface area contributed by atoms with Gasteiger partial charge in [0.1, 0.15) is 11.4 Å². The molecule has 1 atom stereocenters. The summed E-state index contributed by atoms with van der Waals surface area (Å²) in [5.74, 6) is 0.326. The van der Waals surface area contributed by atoms with E-state index < -0.39 is 5.54 Å². The first kappa shape index (κ1) is 13.2. The molecule has 0 radical (unpaired) electrons. The summed E-state index contributed by atoms with van der Waals surface area (Å²) in [5.41, 5.74) is 1.87. The molecule has 4 nitrogen and oxygen atoms in total. The van der Waals surface area contributed by atoms with E-state index in [-0.39, 0.29) is 11.4 Å². The Labute approximate surface area is 119 Å². The lowest BCUT2D eigenvalue weighted by atomic mass is 9.65. The Morgan fingerprint density at radius 2 is 1.90 bits per heavy atom. The van der Waals surface area contributed by atoms with Crippen LogP contribution < -0.4 is 5.32 Å². The maximum absolute atomic E-state index is 12.1. The van der Waals surface area contributed by atoms with Crippen molar-refractivity contribution in [1.82, 2.24) is 10.2 Å². The van der Waals surface area contributed by atoms with Crippen LogP contribution in [0, 0.1) is 5.41 Å². The summed E-state index contributed by atoms with van der Waals surface area (Å²) in [7, 11) is 0. The van der Waals surface area contributed by atoms with Crippen molar-refractivity contribution in [2.45, 2.75) is 44.6 Å². The molecule has 0 saturated carbocycles. The van der Waals surface area contributed by atoms with E-state index in [1.165, 1.54) is 5.56 Å². The fourth-order valence-corrected chi connectivity index (χ4v) is 3.74. The molecule has 1 fully saturated rings. The van der Waals surface area contributed by atoms with Crippen molar-refractivity contribution in [2.24, 2.45) is 0 Å². The molecule has 1 aromatic rings. The lowest BCUT2D eigenvalue weighted by Gasteiger charge is -2.46. The second kappa shape index (κ2) is 4.08. The summed E-state index contributed by atoms with van der Waals surface area (Å²) in [5, 5.41) is 11.1. The average Bonchev–Trinajstić information content (AvgIpc) is 2.66. The number of nitrogens with one attached hydrogen (secondary N) is 2. The number of fused-ring (bicyclic) bond motifs is 2. The zero-order valence-electron chi connectivity index (χ0n) is 12.3. The van der Waals surface area contributed by atoms with Gasteiger partial charge < -0.3 is 4.90 Å². The maximum atomic E-state index is 12.1. The summed E-state index contributed by atoms with van der Waals surface area (Å²) in [6, 6.07) is 8.12. The Morgan fingerprint density at radius 3 is 2.55 bits per heavy atom. The normalized spacial score (nSPS) is 27.6. The number of urea groups is 1. The van der Waals surface area contributed by atoms with Gasteiger partial charge in [0.05, 0.1) is 0 Å². The molecule has 0 aromatic heterocycles. The predicted octanol–water partition coefficient (Wildman–Crippen LogP) is 2.98. The first-order valence-corrected chi connectivity index (χ1v) is 7.21. The number of benzene rings is 1. The van der Waals surface area contributed by atoms with Crippen LogP contribution in [0.3, 0.4) is 0 Å². The molecule has 2 aliphatic rings. The summed E-state index contributed by atoms with van der Waals surface area (Å²) in [6.07, 6.45) is 1.78. The molecule has 1 aromatic carbocycles. The predicted molar refractivity (Wildman–Crippen MR) is 79.0 cm³/mol. The maximum Gasteiger partial charge on any atom is 0.323 e. The van der Waals surface area contributed by atoms with Gasteiger partial charge >= 0.3 is 6.03 Å². The first-order valence-electron chi connectivity index (χ1n) is 7.21. The van der Waals surface area contributed by atoms with Crippen LogP contribution in [0.25, 0.3) is 0 Å². The van der Waals surface area contributed by atoms with Gasteiger partial charge in [-0.25, -0.2) is 4.79 Å². The zero-order chi connectivity index (χ0) is 14.5. The van der Waals surface area contributed by atoms with Crippen molar-refractivity contribution in [3.8, 4) is 0 Å². The van der Waals surface area contributed by atoms with Gasteiger partial charge in [-0.1, -0.05) is 38.1 Å². The van der Waals surface area contributed by atoms with Crippen LogP contribution in [0.15, 0.2) is 24.3 Å². The lowest BCUT2D eigenvalue weighted by Crippen LogP contribution is -2.51. The van der Waals surface area contributed by atoms with E-state index in [0.717, 1.165) is 18.4 Å². The minimum Gasteiger partial charge on any atom is -0.308 e. The van der Waals surface area contributed by atoms with Crippen LogP contribution in [-0.2, 0) is 11.0 Å². The van der Waals surface area contributed by atoms with E-state index in [9.17, 15) is 4.79 Å². The van der Waals surface area contributed by atoms with Crippen LogP contribution in [0.2, 0.25) is 0 Å². The van der Waals surface area contributed by atoms with Gasteiger partial charge in [-0.2, -0.15) is 0 Å². The Morgan fingerprint density at radius 1 is 1.25 bits per heavy atom. The van der Waals surface area contributed by atoms with E-state index in [1.807, 2.05) is 24.0 Å². The van der Waals surface area contributed by atoms with Gasteiger partial charge in [0.2, 0.25) is 0 Å². The number of hydrogen-bond donors (Lipinski definition) is 2. The number of carbonyl (C=O) groups is 1. The number of hydrogen-bond acceptors (Lipinski definition) is 2. The van der Waals surface area contributed by atoms with E-state index in [1.54, 1.807) is 0 Å². The fourth-order valence-electron chi connectivity index (χ4n) is 3.74. The Hall–Kier alpha value is -1.84. The van der Waals surface area contributed by atoms with Crippen molar-refractivity contribution in [3.63, 3.8) is 0 Å². The highest BCUT2D eigenvalue weighted by atomic mass is 16.2. The molecule has 1 unspecified atom stereocenters. The monoisotopic (exact) mass is 271 g/mol. The number of rotatable bonds is 1. The van der Waals surface area contributed by atoms with E-state index in [4.69, 9.17) is 5.41 Å². The summed E-state index contributed by atoms with van der Waals surface area (Å²) >= 11 is 0. The Bertz CT molecular complexity index is 593. The summed E-state index contributed by atoms with van der Waals surface area (Å²) < 4.78 is 0. The number of amides is 2. The molecule has 4 heteroatoms. The van der Waals surface area contributed by atoms with Gasteiger partial charge in [0.15, 0.2) is 0 Å². The smallest absolute Gasteiger partial charge is 0.308 e. The van der Waals surface area contributed by atoms with E-state index in [0.29, 0.717) is 12.4 Å². The van der Waals surface area contributed by atoms with Gasteiger partial charge in [-0.15, -0.1) is 0 Å². The third-order valence-corrected chi connectivity index (χ3v) is 4.88. The van der Waals surface area contributed by atoms with Crippen LogP contribution in [0.4, 0.5) is 4.79 Å². The van der Waals surface area contributed by atoms with Crippen LogP contribution >= 0.6 is 0 Å². The van der Waals surface area contributed by atoms with Crippen molar-refractivity contribution in [3.05, 3.63) is 35.4 Å². The lowest BCUT2D eigenvalue weighted by molar-refractivity contribution is 0.155. The molecular formula is C16H21N3O. The average molecular weight is 271 g/mol. The van der Waals surface area contributed by atoms with Gasteiger partial charge in [0, 0.05) is 6.54 Å². The highest BCUT2D eigenvalue weighted by Crippen LogP contribution is 2.49. The standard InChI is InChI=1S/C16H21N3O/c1-4-19-14(20)18-13(17)16(19)10-9-15(2,3)11-7-5-6-8-12(11)16/h5-8H,4,9-10H2,1-3H3,(H2,17,18,20). The first-order chi connectivity index (χ1) is 9.43. The highest BCUT2D eigenvalue weighted by Gasteiger charge is 2.55.